The molecular weight excluding hydrogens is 166 g/mol. The summed E-state index contributed by atoms with van der Waals surface area (Å²) in [6.07, 6.45) is 10.2. The molecule has 0 aromatic carbocycles. The van der Waals surface area contributed by atoms with Crippen LogP contribution in [0.4, 0.5) is 0 Å². The molecule has 3 heteroatoms. The lowest BCUT2D eigenvalue weighted by Gasteiger charge is -2.25. The Balaban J connectivity index is 2.31. The largest absolute Gasteiger partial charge is 0.481 e. The second-order valence-electron chi connectivity index (χ2n) is 3.47. The summed E-state index contributed by atoms with van der Waals surface area (Å²) in [5.74, 6) is -0.751. The van der Waals surface area contributed by atoms with Crippen LogP contribution in [-0.4, -0.2) is 16.6 Å². The number of carbonyl (C=O) groups is 1. The average molecular weight is 181 g/mol. The van der Waals surface area contributed by atoms with Gasteiger partial charge in [-0.15, -0.1) is 0 Å². The van der Waals surface area contributed by atoms with Crippen LogP contribution in [0.2, 0.25) is 0 Å². The van der Waals surface area contributed by atoms with Gasteiger partial charge in [0.2, 0.25) is 0 Å². The normalized spacial score (nSPS) is 26.2. The first-order valence-electron chi connectivity index (χ1n) is 4.47. The van der Waals surface area contributed by atoms with Gasteiger partial charge in [-0.3, -0.25) is 4.79 Å². The second kappa shape index (κ2) is 4.23. The Morgan fingerprint density at radius 3 is 2.85 bits per heavy atom. The summed E-state index contributed by atoms with van der Waals surface area (Å²) in [4.78, 5) is 10.3. The van der Waals surface area contributed by atoms with Crippen LogP contribution in [0, 0.1) is 0 Å². The molecule has 0 saturated carbocycles. The van der Waals surface area contributed by atoms with E-state index in [1.165, 1.54) is 0 Å². The molecule has 0 saturated heterocycles. The molecule has 0 radical (unpaired) electrons. The number of hydrogen-bond acceptors (Lipinski definition) is 2. The molecule has 3 N–H and O–H groups in total. The Morgan fingerprint density at radius 1 is 1.54 bits per heavy atom. The molecule has 1 unspecified atom stereocenters. The molecule has 72 valence electrons. The van der Waals surface area contributed by atoms with Crippen molar-refractivity contribution in [2.24, 2.45) is 5.73 Å². The second-order valence-corrected chi connectivity index (χ2v) is 3.47. The van der Waals surface area contributed by atoms with Gasteiger partial charge < -0.3 is 10.8 Å². The summed E-state index contributed by atoms with van der Waals surface area (Å²) in [5, 5.41) is 8.45. The zero-order chi connectivity index (χ0) is 9.73. The van der Waals surface area contributed by atoms with Gasteiger partial charge >= 0.3 is 5.97 Å². The SMILES string of the molecule is NC1(CCCC(=O)O)C=CC=CC1. The lowest BCUT2D eigenvalue weighted by molar-refractivity contribution is -0.137. The zero-order valence-electron chi connectivity index (χ0n) is 7.57. The summed E-state index contributed by atoms with van der Waals surface area (Å²) >= 11 is 0. The maximum atomic E-state index is 10.3. The lowest BCUT2D eigenvalue weighted by atomic mass is 9.87. The molecule has 1 aliphatic rings. The van der Waals surface area contributed by atoms with Crippen LogP contribution in [0.15, 0.2) is 24.3 Å². The first-order chi connectivity index (χ1) is 6.12. The molecule has 1 rings (SSSR count). The van der Waals surface area contributed by atoms with Crippen LogP contribution in [0.25, 0.3) is 0 Å². The van der Waals surface area contributed by atoms with Crippen molar-refractivity contribution in [3.8, 4) is 0 Å². The van der Waals surface area contributed by atoms with Gasteiger partial charge in [0.25, 0.3) is 0 Å². The van der Waals surface area contributed by atoms with Crippen molar-refractivity contribution in [1.29, 1.82) is 0 Å². The minimum atomic E-state index is -0.751. The first-order valence-corrected chi connectivity index (χ1v) is 4.47. The molecule has 3 nitrogen and oxygen atoms in total. The molecule has 0 aromatic rings. The lowest BCUT2D eigenvalue weighted by Crippen LogP contribution is -2.37. The molecule has 13 heavy (non-hydrogen) atoms. The number of carboxylic acids is 1. The molecule has 0 heterocycles. The third-order valence-corrected chi connectivity index (χ3v) is 2.21. The van der Waals surface area contributed by atoms with Gasteiger partial charge in [0, 0.05) is 12.0 Å². The molecule has 1 aliphatic carbocycles. The Labute approximate surface area is 77.9 Å². The summed E-state index contributed by atoms with van der Waals surface area (Å²) in [6.45, 7) is 0. The fourth-order valence-corrected chi connectivity index (χ4v) is 1.44. The van der Waals surface area contributed by atoms with E-state index in [-0.39, 0.29) is 12.0 Å². The standard InChI is InChI=1S/C10H15NO2/c11-10(6-2-1-3-7-10)8-4-5-9(12)13/h1-3,6H,4-5,7-8,11H2,(H,12,13). The maximum absolute atomic E-state index is 10.3. The minimum absolute atomic E-state index is 0.205. The Bertz CT molecular complexity index is 245. The third-order valence-electron chi connectivity index (χ3n) is 2.21. The van der Waals surface area contributed by atoms with Crippen molar-refractivity contribution < 1.29 is 9.90 Å². The Hall–Kier alpha value is -1.09. The monoisotopic (exact) mass is 181 g/mol. The third kappa shape index (κ3) is 3.42. The van der Waals surface area contributed by atoms with Crippen molar-refractivity contribution in [3.63, 3.8) is 0 Å². The van der Waals surface area contributed by atoms with Crippen LogP contribution in [-0.2, 0) is 4.79 Å². The minimum Gasteiger partial charge on any atom is -0.481 e. The number of nitrogens with two attached hydrogens (primary N) is 1. The highest BCUT2D eigenvalue weighted by atomic mass is 16.4. The molecular formula is C10H15NO2. The zero-order valence-corrected chi connectivity index (χ0v) is 7.57. The molecule has 0 aromatic heterocycles. The van der Waals surface area contributed by atoms with E-state index in [9.17, 15) is 4.79 Å². The summed E-state index contributed by atoms with van der Waals surface area (Å²) in [6, 6.07) is 0. The van der Waals surface area contributed by atoms with Crippen molar-refractivity contribution in [2.45, 2.75) is 31.2 Å². The van der Waals surface area contributed by atoms with Gasteiger partial charge in [0.15, 0.2) is 0 Å². The highest BCUT2D eigenvalue weighted by molar-refractivity contribution is 5.66. The van der Waals surface area contributed by atoms with Crippen LogP contribution >= 0.6 is 0 Å². The number of rotatable bonds is 4. The van der Waals surface area contributed by atoms with E-state index >= 15 is 0 Å². The highest BCUT2D eigenvalue weighted by Gasteiger charge is 2.20. The number of carboxylic acid groups (broad SMARTS) is 1. The summed E-state index contributed by atoms with van der Waals surface area (Å²) < 4.78 is 0. The first kappa shape index (κ1) is 9.99. The van der Waals surface area contributed by atoms with Gasteiger partial charge in [-0.25, -0.2) is 0 Å². The van der Waals surface area contributed by atoms with Gasteiger partial charge in [-0.2, -0.15) is 0 Å². The number of allylic oxidation sites excluding steroid dienone is 2. The predicted octanol–water partition coefficient (Wildman–Crippen LogP) is 1.45. The van der Waals surface area contributed by atoms with Crippen LogP contribution in [0.3, 0.4) is 0 Å². The number of aliphatic carboxylic acids is 1. The quantitative estimate of drug-likeness (QED) is 0.690. The molecule has 0 amide bonds. The van der Waals surface area contributed by atoms with E-state index in [1.807, 2.05) is 24.3 Å². The number of hydrogen-bond donors (Lipinski definition) is 2. The van der Waals surface area contributed by atoms with Crippen LogP contribution in [0.5, 0.6) is 0 Å². The van der Waals surface area contributed by atoms with Crippen molar-refractivity contribution in [2.75, 3.05) is 0 Å². The van der Waals surface area contributed by atoms with E-state index in [1.54, 1.807) is 0 Å². The maximum Gasteiger partial charge on any atom is 0.303 e. The van der Waals surface area contributed by atoms with E-state index in [2.05, 4.69) is 0 Å². The van der Waals surface area contributed by atoms with Crippen molar-refractivity contribution >= 4 is 5.97 Å². The highest BCUT2D eigenvalue weighted by Crippen LogP contribution is 2.20. The smallest absolute Gasteiger partial charge is 0.303 e. The van der Waals surface area contributed by atoms with E-state index in [4.69, 9.17) is 10.8 Å². The van der Waals surface area contributed by atoms with Gasteiger partial charge in [-0.05, 0) is 19.3 Å². The van der Waals surface area contributed by atoms with E-state index < -0.39 is 5.97 Å². The predicted molar refractivity (Wildman–Crippen MR) is 51.3 cm³/mol. The van der Waals surface area contributed by atoms with Gasteiger partial charge in [-0.1, -0.05) is 24.3 Å². The fraction of sp³-hybridized carbons (Fsp3) is 0.500. The van der Waals surface area contributed by atoms with E-state index in [0.29, 0.717) is 6.42 Å². The fourth-order valence-electron chi connectivity index (χ4n) is 1.44. The molecule has 0 aliphatic heterocycles. The summed E-state index contributed by atoms with van der Waals surface area (Å²) in [5.41, 5.74) is 5.70. The van der Waals surface area contributed by atoms with Crippen LogP contribution < -0.4 is 5.73 Å². The summed E-state index contributed by atoms with van der Waals surface area (Å²) in [7, 11) is 0. The molecule has 0 fully saturated rings. The van der Waals surface area contributed by atoms with Crippen LogP contribution in [0.1, 0.15) is 25.7 Å². The van der Waals surface area contributed by atoms with E-state index in [0.717, 1.165) is 12.8 Å². The van der Waals surface area contributed by atoms with Crippen molar-refractivity contribution in [1.82, 2.24) is 0 Å². The molecule has 0 spiro atoms. The van der Waals surface area contributed by atoms with Crippen molar-refractivity contribution in [3.05, 3.63) is 24.3 Å². The Kier molecular flexibility index (Phi) is 3.25. The Morgan fingerprint density at radius 2 is 2.31 bits per heavy atom. The average Bonchev–Trinajstić information content (AvgIpc) is 2.04. The van der Waals surface area contributed by atoms with Gasteiger partial charge in [0.05, 0.1) is 0 Å². The topological polar surface area (TPSA) is 63.3 Å². The van der Waals surface area contributed by atoms with Gasteiger partial charge in [0.1, 0.15) is 0 Å². The molecule has 0 bridgehead atoms. The molecule has 1 atom stereocenters.